The molecule has 1 atom stereocenters. The Morgan fingerprint density at radius 2 is 2.00 bits per heavy atom. The lowest BCUT2D eigenvalue weighted by Gasteiger charge is -2.40. The number of amides is 1. The minimum absolute atomic E-state index is 0.147. The summed E-state index contributed by atoms with van der Waals surface area (Å²) in [6.45, 7) is 18.0. The summed E-state index contributed by atoms with van der Waals surface area (Å²) in [6.07, 6.45) is -0.244. The smallest absolute Gasteiger partial charge is 0.410 e. The molecule has 0 spiro atoms. The van der Waals surface area contributed by atoms with Gasteiger partial charge in [-0.05, 0) is 49.7 Å². The molecule has 2 aliphatic heterocycles. The summed E-state index contributed by atoms with van der Waals surface area (Å²) < 4.78 is 12.8. The molecule has 1 aromatic rings. The molecular weight excluding hydrogens is 460 g/mol. The topological polar surface area (TPSA) is 42.0 Å². The van der Waals surface area contributed by atoms with Crippen molar-refractivity contribution in [1.82, 2.24) is 9.80 Å². The first-order valence-corrected chi connectivity index (χ1v) is 14.8. The van der Waals surface area contributed by atoms with Gasteiger partial charge in [0.2, 0.25) is 0 Å². The summed E-state index contributed by atoms with van der Waals surface area (Å²) in [5, 5.41) is 0. The van der Waals surface area contributed by atoms with Gasteiger partial charge in [-0.3, -0.25) is 4.90 Å². The number of benzene rings is 1. The molecule has 1 amide bonds. The third-order valence-electron chi connectivity index (χ3n) is 5.14. The van der Waals surface area contributed by atoms with Crippen molar-refractivity contribution in [3.05, 3.63) is 27.2 Å². The number of carbonyl (C=O) groups excluding carboxylic acids is 1. The van der Waals surface area contributed by atoms with Crippen LogP contribution in [-0.2, 0) is 11.3 Å². The van der Waals surface area contributed by atoms with Crippen LogP contribution in [0, 0.1) is 18.4 Å². The highest BCUT2D eigenvalue weighted by Gasteiger charge is 2.35. The Kier molecular flexibility index (Phi) is 6.62. The molecule has 2 heterocycles. The second-order valence-corrected chi connectivity index (χ2v) is 15.8. The maximum absolute atomic E-state index is 12.5. The highest BCUT2D eigenvalue weighted by molar-refractivity contribution is 9.10. The van der Waals surface area contributed by atoms with Crippen molar-refractivity contribution in [3.8, 4) is 17.2 Å². The Morgan fingerprint density at radius 3 is 2.63 bits per heavy atom. The molecule has 1 fully saturated rings. The highest BCUT2D eigenvalue weighted by atomic mass is 79.9. The number of hydrogen-bond acceptors (Lipinski definition) is 4. The maximum Gasteiger partial charge on any atom is 0.410 e. The van der Waals surface area contributed by atoms with Crippen molar-refractivity contribution in [1.29, 1.82) is 0 Å². The molecule has 0 unspecified atom stereocenters. The lowest BCUT2D eigenvalue weighted by molar-refractivity contribution is -0.00156. The van der Waals surface area contributed by atoms with Crippen LogP contribution < -0.4 is 4.74 Å². The number of halogens is 1. The third kappa shape index (κ3) is 5.60. The SMILES string of the molecule is Cc1c(Br)c(C#C[Si](C)(C)C)cc2c1OC[C@H]1CN(C(=O)OC(C)(C)C)CCN1C2. The van der Waals surface area contributed by atoms with E-state index in [4.69, 9.17) is 9.47 Å². The summed E-state index contributed by atoms with van der Waals surface area (Å²) in [7, 11) is -1.46. The predicted octanol–water partition coefficient (Wildman–Crippen LogP) is 4.80. The molecule has 30 heavy (non-hydrogen) atoms. The summed E-state index contributed by atoms with van der Waals surface area (Å²) in [4.78, 5) is 16.7. The summed E-state index contributed by atoms with van der Waals surface area (Å²) in [6, 6.07) is 2.32. The van der Waals surface area contributed by atoms with E-state index in [1.165, 1.54) is 5.56 Å². The monoisotopic (exact) mass is 492 g/mol. The molecule has 164 valence electrons. The molecule has 3 rings (SSSR count). The molecule has 7 heteroatoms. The minimum atomic E-state index is -1.46. The summed E-state index contributed by atoms with van der Waals surface area (Å²) in [5.74, 6) is 4.34. The Labute approximate surface area is 190 Å². The van der Waals surface area contributed by atoms with Gasteiger partial charge < -0.3 is 14.4 Å². The van der Waals surface area contributed by atoms with E-state index in [9.17, 15) is 4.79 Å². The second kappa shape index (κ2) is 8.56. The van der Waals surface area contributed by atoms with Gasteiger partial charge in [-0.15, -0.1) is 5.54 Å². The first-order valence-electron chi connectivity index (χ1n) is 10.5. The van der Waals surface area contributed by atoms with Crippen molar-refractivity contribution in [2.45, 2.75) is 65.5 Å². The molecule has 1 aromatic carbocycles. The van der Waals surface area contributed by atoms with Crippen molar-refractivity contribution in [3.63, 3.8) is 0 Å². The van der Waals surface area contributed by atoms with Crippen LogP contribution in [0.15, 0.2) is 10.5 Å². The Balaban J connectivity index is 1.81. The fourth-order valence-electron chi connectivity index (χ4n) is 3.66. The predicted molar refractivity (Wildman–Crippen MR) is 127 cm³/mol. The van der Waals surface area contributed by atoms with Crippen LogP contribution in [0.4, 0.5) is 4.79 Å². The van der Waals surface area contributed by atoms with Gasteiger partial charge in [-0.2, -0.15) is 0 Å². The lowest BCUT2D eigenvalue weighted by Crippen LogP contribution is -2.56. The summed E-state index contributed by atoms with van der Waals surface area (Å²) in [5.41, 5.74) is 6.28. The molecule has 0 aromatic heterocycles. The van der Waals surface area contributed by atoms with Gasteiger partial charge in [-0.1, -0.05) is 25.6 Å². The standard InChI is InChI=1S/C23H33BrN2O3Si/c1-16-20(24)17(8-11-30(5,6)7)12-18-13-25-9-10-26(22(27)29-23(2,3)4)14-19(25)15-28-21(16)18/h12,19H,9-10,13-15H2,1-7H3/t19-/m1/s1. The third-order valence-corrected chi connectivity index (χ3v) is 7.04. The maximum atomic E-state index is 12.5. The number of carbonyl (C=O) groups is 1. The molecular formula is C23H33BrN2O3Si. The first-order chi connectivity index (χ1) is 13.8. The normalized spacial score (nSPS) is 19.6. The van der Waals surface area contributed by atoms with Gasteiger partial charge in [0.15, 0.2) is 0 Å². The Hall–Kier alpha value is -1.49. The number of piperazine rings is 1. The summed E-state index contributed by atoms with van der Waals surface area (Å²) >= 11 is 3.74. The van der Waals surface area contributed by atoms with Crippen LogP contribution >= 0.6 is 15.9 Å². The first kappa shape index (κ1) is 23.2. The largest absolute Gasteiger partial charge is 0.491 e. The zero-order chi connectivity index (χ0) is 22.3. The average Bonchev–Trinajstić information content (AvgIpc) is 2.80. The number of fused-ring (bicyclic) bond motifs is 2. The number of rotatable bonds is 0. The molecule has 0 bridgehead atoms. The van der Waals surface area contributed by atoms with E-state index in [1.54, 1.807) is 4.90 Å². The molecule has 0 N–H and O–H groups in total. The van der Waals surface area contributed by atoms with Crippen molar-refractivity contribution < 1.29 is 14.3 Å². The Morgan fingerprint density at radius 1 is 1.30 bits per heavy atom. The van der Waals surface area contributed by atoms with Crippen molar-refractivity contribution in [2.24, 2.45) is 0 Å². The molecule has 0 radical (unpaired) electrons. The van der Waals surface area contributed by atoms with Crippen LogP contribution in [0.1, 0.15) is 37.5 Å². The van der Waals surface area contributed by atoms with Crippen LogP contribution in [0.2, 0.25) is 19.6 Å². The lowest BCUT2D eigenvalue weighted by atomic mass is 10.0. The molecule has 0 saturated carbocycles. The van der Waals surface area contributed by atoms with Gasteiger partial charge in [0.1, 0.15) is 26.0 Å². The van der Waals surface area contributed by atoms with E-state index in [1.807, 2.05) is 20.8 Å². The molecule has 0 aliphatic carbocycles. The zero-order valence-corrected chi connectivity index (χ0v) is 21.8. The van der Waals surface area contributed by atoms with Gasteiger partial charge in [0.25, 0.3) is 0 Å². The fourth-order valence-corrected chi connectivity index (χ4v) is 4.56. The molecule has 1 saturated heterocycles. The van der Waals surface area contributed by atoms with Gasteiger partial charge >= 0.3 is 6.09 Å². The Bertz CT molecular complexity index is 893. The number of nitrogens with zero attached hydrogens (tertiary/aromatic N) is 2. The van der Waals surface area contributed by atoms with Crippen molar-refractivity contribution >= 4 is 30.1 Å². The van der Waals surface area contributed by atoms with E-state index in [0.717, 1.165) is 34.4 Å². The van der Waals surface area contributed by atoms with E-state index in [-0.39, 0.29) is 12.1 Å². The van der Waals surface area contributed by atoms with Crippen LogP contribution in [-0.4, -0.2) is 61.9 Å². The van der Waals surface area contributed by atoms with E-state index >= 15 is 0 Å². The van der Waals surface area contributed by atoms with Crippen LogP contribution in [0.5, 0.6) is 5.75 Å². The van der Waals surface area contributed by atoms with E-state index < -0.39 is 13.7 Å². The fraction of sp³-hybridized carbons (Fsp3) is 0.609. The zero-order valence-electron chi connectivity index (χ0n) is 19.2. The van der Waals surface area contributed by atoms with Crippen LogP contribution in [0.3, 0.4) is 0 Å². The van der Waals surface area contributed by atoms with Gasteiger partial charge in [0.05, 0.1) is 6.04 Å². The number of ether oxygens (including phenoxy) is 2. The number of hydrogen-bond donors (Lipinski definition) is 0. The highest BCUT2D eigenvalue weighted by Crippen LogP contribution is 2.36. The van der Waals surface area contributed by atoms with Gasteiger partial charge in [-0.25, -0.2) is 4.79 Å². The van der Waals surface area contributed by atoms with Gasteiger partial charge in [0, 0.05) is 47.3 Å². The van der Waals surface area contributed by atoms with E-state index in [0.29, 0.717) is 19.7 Å². The van der Waals surface area contributed by atoms with Crippen molar-refractivity contribution in [2.75, 3.05) is 26.2 Å². The molecule has 2 aliphatic rings. The minimum Gasteiger partial charge on any atom is -0.491 e. The average molecular weight is 494 g/mol. The second-order valence-electron chi connectivity index (χ2n) is 10.2. The van der Waals surface area contributed by atoms with Crippen LogP contribution in [0.25, 0.3) is 0 Å². The van der Waals surface area contributed by atoms with E-state index in [2.05, 4.69) is 64.9 Å². The molecule has 5 nitrogen and oxygen atoms in total. The quantitative estimate of drug-likeness (QED) is 0.385.